The first-order chi connectivity index (χ1) is 2.00. The molecule has 0 atom stereocenters. The van der Waals surface area contributed by atoms with Crippen LogP contribution in [0.25, 0.3) is 0 Å². The molecule has 0 aliphatic rings. The Bertz CT molecular complexity index is 95.6. The Morgan fingerprint density at radius 2 is 1.12 bits per heavy atom. The summed E-state index contributed by atoms with van der Waals surface area (Å²) in [6.45, 7) is 0. The molecule has 8 heteroatoms. The molecule has 0 aliphatic carbocycles. The SMILES string of the molecule is O.O=S(=O)([O-])[O-].[Al+3].[Ba+2]. The van der Waals surface area contributed by atoms with Gasteiger partial charge in [-0.2, -0.15) is 0 Å². The van der Waals surface area contributed by atoms with Gasteiger partial charge in [0.05, 0.1) is 0 Å². The Kier molecular flexibility index (Phi) is 25.1. The quantitative estimate of drug-likeness (QED) is 0.268. The van der Waals surface area contributed by atoms with E-state index in [-0.39, 0.29) is 71.7 Å². The fraction of sp³-hybridized carbons (Fsp3) is 0. The van der Waals surface area contributed by atoms with E-state index < -0.39 is 10.4 Å². The van der Waals surface area contributed by atoms with Gasteiger partial charge in [-0.05, 0) is 0 Å². The number of rotatable bonds is 0. The normalized spacial score (nSPS) is 7.25. The summed E-state index contributed by atoms with van der Waals surface area (Å²) in [6.07, 6.45) is 0. The summed E-state index contributed by atoms with van der Waals surface area (Å²) in [4.78, 5) is 0. The summed E-state index contributed by atoms with van der Waals surface area (Å²) in [6, 6.07) is 0. The van der Waals surface area contributed by atoms with E-state index in [0.29, 0.717) is 0 Å². The fourth-order valence-corrected chi connectivity index (χ4v) is 0. The van der Waals surface area contributed by atoms with Gasteiger partial charge in [-0.1, -0.05) is 0 Å². The molecule has 40 valence electrons. The molecule has 0 radical (unpaired) electrons. The molecule has 0 aliphatic heterocycles. The van der Waals surface area contributed by atoms with Gasteiger partial charge in [0.2, 0.25) is 0 Å². The van der Waals surface area contributed by atoms with Crippen molar-refractivity contribution in [1.29, 1.82) is 0 Å². The van der Waals surface area contributed by atoms with Crippen LogP contribution in [-0.2, 0) is 10.4 Å². The predicted octanol–water partition coefficient (Wildman–Crippen LogP) is -2.92. The molecule has 0 saturated heterocycles. The second kappa shape index (κ2) is 8.93. The molecule has 0 aromatic carbocycles. The van der Waals surface area contributed by atoms with Crippen molar-refractivity contribution in [2.45, 2.75) is 0 Å². The monoisotopic (exact) mass is 279 g/mol. The Morgan fingerprint density at radius 1 is 1.12 bits per heavy atom. The molecule has 2 N–H and O–H groups in total. The van der Waals surface area contributed by atoms with Crippen LogP contribution < -0.4 is 0 Å². The molecule has 0 rings (SSSR count). The molecular formula is H2AlBaO5S+3. The zero-order valence-electron chi connectivity index (χ0n) is 3.83. The third kappa shape index (κ3) is 102. The van der Waals surface area contributed by atoms with Gasteiger partial charge in [-0.15, -0.1) is 0 Å². The molecule has 0 amide bonds. The summed E-state index contributed by atoms with van der Waals surface area (Å²) < 4.78 is 34.1. The summed E-state index contributed by atoms with van der Waals surface area (Å²) in [7, 11) is -5.17. The van der Waals surface area contributed by atoms with Gasteiger partial charge in [0.15, 0.2) is 0 Å². The van der Waals surface area contributed by atoms with Crippen LogP contribution in [0.1, 0.15) is 0 Å². The van der Waals surface area contributed by atoms with Crippen LogP contribution in [0.2, 0.25) is 0 Å². The van der Waals surface area contributed by atoms with Crippen LogP contribution in [0.15, 0.2) is 0 Å². The van der Waals surface area contributed by atoms with Crippen LogP contribution in [0.4, 0.5) is 0 Å². The minimum absolute atomic E-state index is 0. The second-order valence-corrected chi connectivity index (χ2v) is 1.22. The third-order valence-electron chi connectivity index (χ3n) is 0. The Morgan fingerprint density at radius 3 is 1.12 bits per heavy atom. The molecule has 0 saturated carbocycles. The van der Waals surface area contributed by atoms with Gasteiger partial charge < -0.3 is 14.6 Å². The fourth-order valence-electron chi connectivity index (χ4n) is 0. The van der Waals surface area contributed by atoms with Crippen molar-refractivity contribution in [1.82, 2.24) is 0 Å². The van der Waals surface area contributed by atoms with E-state index >= 15 is 0 Å². The van der Waals surface area contributed by atoms with Crippen LogP contribution in [-0.4, -0.2) is 89.2 Å². The van der Waals surface area contributed by atoms with Crippen LogP contribution in [0.5, 0.6) is 0 Å². The zero-order chi connectivity index (χ0) is 4.50. The van der Waals surface area contributed by atoms with Crippen molar-refractivity contribution < 1.29 is 23.0 Å². The second-order valence-electron chi connectivity index (χ2n) is 0.408. The van der Waals surface area contributed by atoms with Gasteiger partial charge in [-0.3, -0.25) is 8.42 Å². The maximum atomic E-state index is 8.52. The van der Waals surface area contributed by atoms with E-state index in [2.05, 4.69) is 0 Å². The van der Waals surface area contributed by atoms with Crippen molar-refractivity contribution in [3.8, 4) is 0 Å². The van der Waals surface area contributed by atoms with Crippen molar-refractivity contribution in [2.75, 3.05) is 0 Å². The first kappa shape index (κ1) is 22.5. The van der Waals surface area contributed by atoms with Crippen LogP contribution in [0.3, 0.4) is 0 Å². The minimum atomic E-state index is -5.17. The van der Waals surface area contributed by atoms with E-state index in [1.54, 1.807) is 0 Å². The predicted molar refractivity (Wildman–Crippen MR) is 25.6 cm³/mol. The summed E-state index contributed by atoms with van der Waals surface area (Å²) in [5.74, 6) is 0. The zero-order valence-corrected chi connectivity index (χ0v) is 10.2. The van der Waals surface area contributed by atoms with Gasteiger partial charge in [0.25, 0.3) is 0 Å². The largest absolute Gasteiger partial charge is 3.00 e. The molecular weight excluding hydrogens is 276 g/mol. The van der Waals surface area contributed by atoms with Gasteiger partial charge in [-0.25, -0.2) is 0 Å². The van der Waals surface area contributed by atoms with Crippen molar-refractivity contribution in [2.24, 2.45) is 0 Å². The molecule has 0 aromatic heterocycles. The molecule has 8 heavy (non-hydrogen) atoms. The number of hydrogen-bond donors (Lipinski definition) is 0. The van der Waals surface area contributed by atoms with E-state index in [1.165, 1.54) is 0 Å². The third-order valence-corrected chi connectivity index (χ3v) is 0. The number of hydrogen-bond acceptors (Lipinski definition) is 4. The van der Waals surface area contributed by atoms with Gasteiger partial charge in [0, 0.05) is 10.4 Å². The first-order valence-electron chi connectivity index (χ1n) is 0.667. The first-order valence-corrected chi connectivity index (χ1v) is 2.00. The van der Waals surface area contributed by atoms with Crippen molar-refractivity contribution in [3.05, 3.63) is 0 Å². The Hall–Kier alpha value is 1.93. The van der Waals surface area contributed by atoms with Crippen molar-refractivity contribution in [3.63, 3.8) is 0 Å². The van der Waals surface area contributed by atoms with Crippen LogP contribution in [0, 0.1) is 0 Å². The molecule has 0 bridgehead atoms. The van der Waals surface area contributed by atoms with E-state index in [0.717, 1.165) is 0 Å². The molecule has 5 nitrogen and oxygen atoms in total. The maximum Gasteiger partial charge on any atom is 3.00 e. The molecule has 0 unspecified atom stereocenters. The van der Waals surface area contributed by atoms with Gasteiger partial charge >= 0.3 is 66.2 Å². The Balaban J connectivity index is -0.0000000267. The Labute approximate surface area is 97.9 Å². The summed E-state index contributed by atoms with van der Waals surface area (Å²) in [5.41, 5.74) is 0. The van der Waals surface area contributed by atoms with E-state index in [1.807, 2.05) is 0 Å². The molecule has 0 fully saturated rings. The average molecular weight is 278 g/mol. The molecule has 0 aromatic rings. The smallest absolute Gasteiger partial charge is 0.759 e. The molecule has 0 heterocycles. The molecule has 0 spiro atoms. The summed E-state index contributed by atoms with van der Waals surface area (Å²) >= 11 is 0. The maximum absolute atomic E-state index is 8.52. The van der Waals surface area contributed by atoms with E-state index in [4.69, 9.17) is 17.5 Å². The van der Waals surface area contributed by atoms with E-state index in [9.17, 15) is 0 Å². The van der Waals surface area contributed by atoms with Crippen LogP contribution >= 0.6 is 0 Å². The average Bonchev–Trinajstić information content (AvgIpc) is 0.722. The van der Waals surface area contributed by atoms with Crippen molar-refractivity contribution >= 4 is 76.6 Å². The summed E-state index contributed by atoms with van der Waals surface area (Å²) in [5, 5.41) is 0. The standard InChI is InChI=1S/Al.Ba.H2O4S.H2O/c;;1-5(2,3)4;/h;;(H2,1,2,3,4);1H2/q+3;+2;;/p-2. The minimum Gasteiger partial charge on any atom is -0.759 e. The topological polar surface area (TPSA) is 112 Å². The van der Waals surface area contributed by atoms with Gasteiger partial charge in [0.1, 0.15) is 0 Å².